The van der Waals surface area contributed by atoms with Gasteiger partial charge in [-0.05, 0) is 30.7 Å². The molecule has 0 aliphatic rings. The Hall–Kier alpha value is -2.36. The Balaban J connectivity index is 2.24. The topological polar surface area (TPSA) is 62.2 Å². The average Bonchev–Trinajstić information content (AvgIpc) is 2.32. The first kappa shape index (κ1) is 11.1. The molecule has 1 aromatic heterocycles. The zero-order valence-corrected chi connectivity index (χ0v) is 9.34. The van der Waals surface area contributed by atoms with Crippen molar-refractivity contribution in [3.63, 3.8) is 0 Å². The predicted octanol–water partition coefficient (Wildman–Crippen LogP) is 2.35. The maximum absolute atomic E-state index is 11.9. The minimum absolute atomic E-state index is 0.0468. The zero-order chi connectivity index (χ0) is 12.3. The fourth-order valence-corrected chi connectivity index (χ4v) is 1.50. The fraction of sp³-hybridized carbons (Fsp3) is 0.0769. The summed E-state index contributed by atoms with van der Waals surface area (Å²) in [6.07, 6.45) is 1.51. The van der Waals surface area contributed by atoms with Crippen LogP contribution in [0.15, 0.2) is 42.6 Å². The number of carbonyl (C=O) groups excluding carboxylic acids is 1. The molecule has 0 saturated carbocycles. The van der Waals surface area contributed by atoms with E-state index in [1.54, 1.807) is 18.2 Å². The summed E-state index contributed by atoms with van der Waals surface area (Å²) in [6, 6.07) is 10.3. The van der Waals surface area contributed by atoms with Crippen LogP contribution < -0.4 is 5.32 Å². The number of nitrogens with zero attached hydrogens (tertiary/aromatic N) is 1. The lowest BCUT2D eigenvalue weighted by Gasteiger charge is -2.07. The van der Waals surface area contributed by atoms with E-state index in [0.29, 0.717) is 5.56 Å². The number of hydrogen-bond donors (Lipinski definition) is 2. The lowest BCUT2D eigenvalue weighted by molar-refractivity contribution is 0.102. The summed E-state index contributed by atoms with van der Waals surface area (Å²) < 4.78 is 0. The van der Waals surface area contributed by atoms with Gasteiger partial charge in [0.2, 0.25) is 0 Å². The minimum Gasteiger partial charge on any atom is -0.504 e. The molecule has 2 N–H and O–H groups in total. The number of aromatic nitrogens is 1. The molecule has 4 nitrogen and oxygen atoms in total. The summed E-state index contributed by atoms with van der Waals surface area (Å²) in [5.41, 5.74) is 1.44. The molecule has 1 aromatic carbocycles. The van der Waals surface area contributed by atoms with E-state index in [0.717, 1.165) is 5.56 Å². The van der Waals surface area contributed by atoms with Gasteiger partial charge < -0.3 is 10.4 Å². The maximum Gasteiger partial charge on any atom is 0.257 e. The number of aryl methyl sites for hydroxylation is 1. The SMILES string of the molecule is Cc1ccccc1C(=O)Nc1ncccc1O. The van der Waals surface area contributed by atoms with Crippen molar-refractivity contribution in [2.75, 3.05) is 5.32 Å². The van der Waals surface area contributed by atoms with E-state index < -0.39 is 0 Å². The molecule has 0 fully saturated rings. The first-order valence-electron chi connectivity index (χ1n) is 5.19. The highest BCUT2D eigenvalue weighted by molar-refractivity contribution is 6.05. The Morgan fingerprint density at radius 3 is 2.71 bits per heavy atom. The van der Waals surface area contributed by atoms with Crippen LogP contribution in [0.25, 0.3) is 0 Å². The van der Waals surface area contributed by atoms with Gasteiger partial charge >= 0.3 is 0 Å². The quantitative estimate of drug-likeness (QED) is 0.829. The lowest BCUT2D eigenvalue weighted by atomic mass is 10.1. The third kappa shape index (κ3) is 2.42. The molecule has 0 aliphatic carbocycles. The van der Waals surface area contributed by atoms with Gasteiger partial charge in [0.25, 0.3) is 5.91 Å². The van der Waals surface area contributed by atoms with E-state index in [4.69, 9.17) is 0 Å². The second-order valence-electron chi connectivity index (χ2n) is 3.64. The van der Waals surface area contributed by atoms with Gasteiger partial charge in [0, 0.05) is 11.8 Å². The first-order chi connectivity index (χ1) is 8.18. The van der Waals surface area contributed by atoms with Crippen molar-refractivity contribution < 1.29 is 9.90 Å². The number of carbonyl (C=O) groups is 1. The van der Waals surface area contributed by atoms with Crippen molar-refractivity contribution in [1.82, 2.24) is 4.98 Å². The third-order valence-corrected chi connectivity index (χ3v) is 2.41. The Kier molecular flexibility index (Phi) is 3.05. The molecule has 17 heavy (non-hydrogen) atoms. The van der Waals surface area contributed by atoms with Crippen molar-refractivity contribution in [1.29, 1.82) is 0 Å². The van der Waals surface area contributed by atoms with Crippen LogP contribution in [0, 0.1) is 6.92 Å². The van der Waals surface area contributed by atoms with Crippen LogP contribution in [-0.2, 0) is 0 Å². The van der Waals surface area contributed by atoms with Crippen LogP contribution in [0.3, 0.4) is 0 Å². The molecule has 0 unspecified atom stereocenters. The van der Waals surface area contributed by atoms with Crippen molar-refractivity contribution in [3.8, 4) is 5.75 Å². The van der Waals surface area contributed by atoms with Crippen LogP contribution in [0.2, 0.25) is 0 Å². The van der Waals surface area contributed by atoms with Crippen molar-refractivity contribution in [3.05, 3.63) is 53.7 Å². The monoisotopic (exact) mass is 228 g/mol. The maximum atomic E-state index is 11.9. The molecular weight excluding hydrogens is 216 g/mol. The third-order valence-electron chi connectivity index (χ3n) is 2.41. The van der Waals surface area contributed by atoms with Crippen LogP contribution in [-0.4, -0.2) is 16.0 Å². The van der Waals surface area contributed by atoms with Gasteiger partial charge in [0.05, 0.1) is 0 Å². The predicted molar refractivity (Wildman–Crippen MR) is 65.0 cm³/mol. The van der Waals surface area contributed by atoms with Crippen molar-refractivity contribution in [2.24, 2.45) is 0 Å². The number of nitrogens with one attached hydrogen (secondary N) is 1. The number of amides is 1. The van der Waals surface area contributed by atoms with E-state index in [1.807, 2.05) is 19.1 Å². The molecule has 2 rings (SSSR count). The van der Waals surface area contributed by atoms with Gasteiger partial charge in [-0.3, -0.25) is 4.79 Å². The Morgan fingerprint density at radius 1 is 1.24 bits per heavy atom. The Morgan fingerprint density at radius 2 is 2.00 bits per heavy atom. The Labute approximate surface area is 98.9 Å². The molecule has 0 atom stereocenters. The summed E-state index contributed by atoms with van der Waals surface area (Å²) in [4.78, 5) is 15.8. The normalized spacial score (nSPS) is 9.94. The molecule has 4 heteroatoms. The molecule has 2 aromatic rings. The smallest absolute Gasteiger partial charge is 0.257 e. The molecule has 0 saturated heterocycles. The molecule has 0 spiro atoms. The highest BCUT2D eigenvalue weighted by atomic mass is 16.3. The summed E-state index contributed by atoms with van der Waals surface area (Å²) in [5, 5.41) is 12.1. The van der Waals surface area contributed by atoms with E-state index >= 15 is 0 Å². The van der Waals surface area contributed by atoms with Gasteiger partial charge in [-0.1, -0.05) is 18.2 Å². The number of rotatable bonds is 2. The average molecular weight is 228 g/mol. The first-order valence-corrected chi connectivity index (χ1v) is 5.19. The van der Waals surface area contributed by atoms with Gasteiger partial charge in [-0.25, -0.2) is 4.98 Å². The molecular formula is C13H12N2O2. The second kappa shape index (κ2) is 4.65. The van der Waals surface area contributed by atoms with E-state index in [1.165, 1.54) is 12.3 Å². The summed E-state index contributed by atoms with van der Waals surface area (Å²) in [5.74, 6) is -0.160. The second-order valence-corrected chi connectivity index (χ2v) is 3.64. The molecule has 0 bridgehead atoms. The minimum atomic E-state index is -0.280. The van der Waals surface area contributed by atoms with Gasteiger partial charge in [-0.2, -0.15) is 0 Å². The highest BCUT2D eigenvalue weighted by Crippen LogP contribution is 2.19. The zero-order valence-electron chi connectivity index (χ0n) is 9.34. The van der Waals surface area contributed by atoms with E-state index in [-0.39, 0.29) is 17.5 Å². The molecule has 1 heterocycles. The number of pyridine rings is 1. The number of hydrogen-bond acceptors (Lipinski definition) is 3. The van der Waals surface area contributed by atoms with Crippen molar-refractivity contribution >= 4 is 11.7 Å². The molecule has 0 radical (unpaired) electrons. The number of benzene rings is 1. The van der Waals surface area contributed by atoms with Gasteiger partial charge in [-0.15, -0.1) is 0 Å². The molecule has 0 aliphatic heterocycles. The van der Waals surface area contributed by atoms with Crippen LogP contribution in [0.4, 0.5) is 5.82 Å². The standard InChI is InChI=1S/C13H12N2O2/c1-9-5-2-3-6-10(9)13(17)15-12-11(16)7-4-8-14-12/h2-8,16H,1H3,(H,14,15,17). The van der Waals surface area contributed by atoms with Crippen LogP contribution in [0.1, 0.15) is 15.9 Å². The number of anilines is 1. The van der Waals surface area contributed by atoms with Crippen LogP contribution >= 0.6 is 0 Å². The van der Waals surface area contributed by atoms with E-state index in [9.17, 15) is 9.90 Å². The Bertz CT molecular complexity index is 553. The van der Waals surface area contributed by atoms with Gasteiger partial charge in [0.1, 0.15) is 0 Å². The van der Waals surface area contributed by atoms with E-state index in [2.05, 4.69) is 10.3 Å². The molecule has 1 amide bonds. The summed E-state index contributed by atoms with van der Waals surface area (Å²) >= 11 is 0. The number of aromatic hydroxyl groups is 1. The highest BCUT2D eigenvalue weighted by Gasteiger charge is 2.10. The van der Waals surface area contributed by atoms with Crippen molar-refractivity contribution in [2.45, 2.75) is 6.92 Å². The lowest BCUT2D eigenvalue weighted by Crippen LogP contribution is -2.14. The van der Waals surface area contributed by atoms with Crippen LogP contribution in [0.5, 0.6) is 5.75 Å². The largest absolute Gasteiger partial charge is 0.504 e. The molecule has 86 valence electrons. The van der Waals surface area contributed by atoms with Gasteiger partial charge in [0.15, 0.2) is 11.6 Å². The fourth-order valence-electron chi connectivity index (χ4n) is 1.50. The summed E-state index contributed by atoms with van der Waals surface area (Å²) in [7, 11) is 0. The summed E-state index contributed by atoms with van der Waals surface area (Å²) in [6.45, 7) is 1.85.